The second-order valence-corrected chi connectivity index (χ2v) is 7.23. The zero-order valence-corrected chi connectivity index (χ0v) is 13.5. The minimum absolute atomic E-state index is 0.642. The van der Waals surface area contributed by atoms with Gasteiger partial charge in [-0.1, -0.05) is 47.1 Å². The van der Waals surface area contributed by atoms with E-state index < -0.39 is 0 Å². The van der Waals surface area contributed by atoms with Gasteiger partial charge in [0.05, 0.1) is 11.2 Å². The van der Waals surface area contributed by atoms with E-state index in [4.69, 9.17) is 4.98 Å². The molecule has 0 bridgehead atoms. The number of halogens is 1. The maximum absolute atomic E-state index is 4.77. The van der Waals surface area contributed by atoms with E-state index in [2.05, 4.69) is 64.2 Å². The molecule has 1 aliphatic rings. The second-order valence-electron chi connectivity index (χ2n) is 5.79. The number of piperidine rings is 1. The summed E-state index contributed by atoms with van der Waals surface area (Å²) in [7, 11) is 0. The van der Waals surface area contributed by atoms with E-state index in [0.29, 0.717) is 4.83 Å². The highest BCUT2D eigenvalue weighted by molar-refractivity contribution is 9.09. The van der Waals surface area contributed by atoms with Crippen molar-refractivity contribution in [3.63, 3.8) is 0 Å². The maximum atomic E-state index is 4.77. The number of benzene rings is 1. The molecule has 1 aromatic heterocycles. The summed E-state index contributed by atoms with van der Waals surface area (Å²) in [5.41, 5.74) is 2.29. The van der Waals surface area contributed by atoms with Gasteiger partial charge < -0.3 is 0 Å². The molecule has 0 aliphatic carbocycles. The first-order valence-corrected chi connectivity index (χ1v) is 8.35. The van der Waals surface area contributed by atoms with Crippen LogP contribution in [0.1, 0.15) is 25.5 Å². The molecule has 1 aromatic carbocycles. The number of fused-ring (bicyclic) bond motifs is 1. The summed E-state index contributed by atoms with van der Waals surface area (Å²) >= 11 is 3.72. The monoisotopic (exact) mass is 332 g/mol. The second kappa shape index (κ2) is 6.23. The van der Waals surface area contributed by atoms with Crippen LogP contribution < -0.4 is 0 Å². The fraction of sp³-hybridized carbons (Fsp3) is 0.471. The SMILES string of the molecule is CC(Br)C1CCN(Cc2ccc3ccccc3n2)CC1. The minimum atomic E-state index is 0.642. The molecule has 0 N–H and O–H groups in total. The van der Waals surface area contributed by atoms with Crippen LogP contribution in [0.4, 0.5) is 0 Å². The van der Waals surface area contributed by atoms with Crippen LogP contribution in [-0.4, -0.2) is 27.8 Å². The fourth-order valence-electron chi connectivity index (χ4n) is 3.00. The molecular formula is C17H21BrN2. The Morgan fingerprint density at radius 3 is 2.70 bits per heavy atom. The molecule has 0 saturated carbocycles. The third kappa shape index (κ3) is 3.21. The highest BCUT2D eigenvalue weighted by Crippen LogP contribution is 2.25. The van der Waals surface area contributed by atoms with Crippen LogP contribution in [0.15, 0.2) is 36.4 Å². The molecule has 106 valence electrons. The number of aromatic nitrogens is 1. The lowest BCUT2D eigenvalue weighted by Crippen LogP contribution is -2.35. The van der Waals surface area contributed by atoms with Crippen molar-refractivity contribution in [2.45, 2.75) is 31.1 Å². The van der Waals surface area contributed by atoms with E-state index in [-0.39, 0.29) is 0 Å². The number of hydrogen-bond acceptors (Lipinski definition) is 2. The molecule has 3 rings (SSSR count). The minimum Gasteiger partial charge on any atom is -0.297 e. The van der Waals surface area contributed by atoms with Crippen molar-refractivity contribution >= 4 is 26.8 Å². The third-order valence-electron chi connectivity index (χ3n) is 4.32. The summed E-state index contributed by atoms with van der Waals surface area (Å²) in [6.45, 7) is 5.63. The van der Waals surface area contributed by atoms with Gasteiger partial charge in [-0.3, -0.25) is 9.88 Å². The van der Waals surface area contributed by atoms with Gasteiger partial charge >= 0.3 is 0 Å². The van der Waals surface area contributed by atoms with Crippen molar-refractivity contribution in [3.8, 4) is 0 Å². The molecule has 20 heavy (non-hydrogen) atoms. The van der Waals surface area contributed by atoms with E-state index in [1.54, 1.807) is 0 Å². The summed E-state index contributed by atoms with van der Waals surface area (Å²) in [6.07, 6.45) is 2.58. The van der Waals surface area contributed by atoms with Gasteiger partial charge in [0.1, 0.15) is 0 Å². The number of likely N-dealkylation sites (tertiary alicyclic amines) is 1. The van der Waals surface area contributed by atoms with E-state index in [1.165, 1.54) is 37.0 Å². The quantitative estimate of drug-likeness (QED) is 0.782. The zero-order valence-electron chi connectivity index (χ0n) is 11.9. The molecule has 3 heteroatoms. The van der Waals surface area contributed by atoms with Crippen LogP contribution in [0.5, 0.6) is 0 Å². The Kier molecular flexibility index (Phi) is 4.37. The molecule has 1 saturated heterocycles. The van der Waals surface area contributed by atoms with Crippen LogP contribution in [0.3, 0.4) is 0 Å². The van der Waals surface area contributed by atoms with Gasteiger partial charge in [0.25, 0.3) is 0 Å². The molecule has 0 spiro atoms. The summed E-state index contributed by atoms with van der Waals surface area (Å²) in [6, 6.07) is 12.7. The number of hydrogen-bond donors (Lipinski definition) is 0. The van der Waals surface area contributed by atoms with Gasteiger partial charge in [0, 0.05) is 16.8 Å². The van der Waals surface area contributed by atoms with Crippen LogP contribution in [0, 0.1) is 5.92 Å². The summed E-state index contributed by atoms with van der Waals surface area (Å²) in [5, 5.41) is 1.23. The first-order valence-electron chi connectivity index (χ1n) is 7.43. The molecule has 1 unspecified atom stereocenters. The lowest BCUT2D eigenvalue weighted by molar-refractivity contribution is 0.177. The first-order chi connectivity index (χ1) is 9.72. The van der Waals surface area contributed by atoms with E-state index >= 15 is 0 Å². The number of pyridine rings is 1. The summed E-state index contributed by atoms with van der Waals surface area (Å²) in [5.74, 6) is 0.829. The summed E-state index contributed by atoms with van der Waals surface area (Å²) in [4.78, 5) is 7.95. The average molecular weight is 333 g/mol. The highest BCUT2D eigenvalue weighted by Gasteiger charge is 2.22. The molecule has 1 atom stereocenters. The van der Waals surface area contributed by atoms with Crippen molar-refractivity contribution in [1.29, 1.82) is 0 Å². The smallest absolute Gasteiger partial charge is 0.0705 e. The maximum Gasteiger partial charge on any atom is 0.0705 e. The fourth-order valence-corrected chi connectivity index (χ4v) is 3.52. The Hall–Kier alpha value is -0.930. The molecule has 2 heterocycles. The van der Waals surface area contributed by atoms with Crippen molar-refractivity contribution in [1.82, 2.24) is 9.88 Å². The number of para-hydroxylation sites is 1. The van der Waals surface area contributed by atoms with Crippen molar-refractivity contribution in [3.05, 3.63) is 42.1 Å². The van der Waals surface area contributed by atoms with Crippen LogP contribution in [-0.2, 0) is 6.54 Å². The van der Waals surface area contributed by atoms with Crippen LogP contribution in [0.25, 0.3) is 10.9 Å². The molecule has 2 aromatic rings. The number of nitrogens with zero attached hydrogens (tertiary/aromatic N) is 2. The number of rotatable bonds is 3. The predicted molar refractivity (Wildman–Crippen MR) is 88.1 cm³/mol. The van der Waals surface area contributed by atoms with E-state index in [0.717, 1.165) is 18.0 Å². The van der Waals surface area contributed by atoms with Gasteiger partial charge in [0.2, 0.25) is 0 Å². The largest absolute Gasteiger partial charge is 0.297 e. The molecule has 0 radical (unpaired) electrons. The van der Waals surface area contributed by atoms with Crippen LogP contribution in [0.2, 0.25) is 0 Å². The lowest BCUT2D eigenvalue weighted by atomic mass is 9.94. The molecule has 2 nitrogen and oxygen atoms in total. The van der Waals surface area contributed by atoms with Gasteiger partial charge in [-0.25, -0.2) is 0 Å². The summed E-state index contributed by atoms with van der Waals surface area (Å²) < 4.78 is 0. The van der Waals surface area contributed by atoms with Crippen molar-refractivity contribution in [2.24, 2.45) is 5.92 Å². The molecule has 1 fully saturated rings. The standard InChI is InChI=1S/C17H21BrN2/c1-13(18)14-8-10-20(11-9-14)12-16-7-6-15-4-2-3-5-17(15)19-16/h2-7,13-14H,8-12H2,1H3. The predicted octanol–water partition coefficient (Wildman–Crippen LogP) is 4.23. The Labute approximate surface area is 129 Å². The normalized spacial score (nSPS) is 19.3. The topological polar surface area (TPSA) is 16.1 Å². The van der Waals surface area contributed by atoms with E-state index in [9.17, 15) is 0 Å². The lowest BCUT2D eigenvalue weighted by Gasteiger charge is -2.33. The third-order valence-corrected chi connectivity index (χ3v) is 5.07. The Morgan fingerprint density at radius 2 is 1.95 bits per heavy atom. The Balaban J connectivity index is 1.65. The average Bonchev–Trinajstić information content (AvgIpc) is 2.48. The molecule has 0 amide bonds. The van der Waals surface area contributed by atoms with Gasteiger partial charge in [-0.05, 0) is 44.0 Å². The van der Waals surface area contributed by atoms with Gasteiger partial charge in [-0.15, -0.1) is 0 Å². The Morgan fingerprint density at radius 1 is 1.20 bits per heavy atom. The number of alkyl halides is 1. The van der Waals surface area contributed by atoms with E-state index in [1.807, 2.05) is 0 Å². The molecular weight excluding hydrogens is 312 g/mol. The van der Waals surface area contributed by atoms with Crippen molar-refractivity contribution < 1.29 is 0 Å². The van der Waals surface area contributed by atoms with Crippen molar-refractivity contribution in [2.75, 3.05) is 13.1 Å². The zero-order chi connectivity index (χ0) is 13.9. The van der Waals surface area contributed by atoms with Crippen LogP contribution >= 0.6 is 15.9 Å². The molecule has 1 aliphatic heterocycles. The van der Waals surface area contributed by atoms with Gasteiger partial charge in [0.15, 0.2) is 0 Å². The first kappa shape index (κ1) is 14.0. The van der Waals surface area contributed by atoms with Gasteiger partial charge in [-0.2, -0.15) is 0 Å². The Bertz CT molecular complexity index is 574. The highest BCUT2D eigenvalue weighted by atomic mass is 79.9.